The van der Waals surface area contributed by atoms with Gasteiger partial charge in [-0.15, -0.1) is 0 Å². The summed E-state index contributed by atoms with van der Waals surface area (Å²) < 4.78 is 59.2. The number of imide groups is 1. The molecule has 0 saturated carbocycles. The van der Waals surface area contributed by atoms with Crippen molar-refractivity contribution in [3.8, 4) is 6.07 Å². The first kappa shape index (κ1) is 28.1. The highest BCUT2D eigenvalue weighted by molar-refractivity contribution is 6.23. The number of methoxy groups -OCH3 is 1. The molecule has 4 rings (SSSR count). The molecule has 12 heteroatoms. The van der Waals surface area contributed by atoms with Crippen LogP contribution in [0.4, 0.5) is 39.4 Å². The quantitative estimate of drug-likeness (QED) is 0.228. The van der Waals surface area contributed by atoms with Gasteiger partial charge in [-0.3, -0.25) is 4.79 Å². The van der Waals surface area contributed by atoms with Crippen LogP contribution in [0.5, 0.6) is 0 Å². The molecule has 3 aromatic rings. The topological polar surface area (TPSA) is 103 Å². The second-order valence-corrected chi connectivity index (χ2v) is 9.37. The van der Waals surface area contributed by atoms with Crippen molar-refractivity contribution in [1.82, 2.24) is 4.90 Å². The van der Waals surface area contributed by atoms with Crippen molar-refractivity contribution in [3.63, 3.8) is 0 Å². The van der Waals surface area contributed by atoms with Gasteiger partial charge in [0.15, 0.2) is 0 Å². The summed E-state index contributed by atoms with van der Waals surface area (Å²) in [5.41, 5.74) is -2.61. The lowest BCUT2D eigenvalue weighted by Gasteiger charge is -2.28. The summed E-state index contributed by atoms with van der Waals surface area (Å²) in [6.45, 7) is 2.79. The van der Waals surface area contributed by atoms with Gasteiger partial charge in [-0.05, 0) is 61.9 Å². The molecule has 3 amide bonds. The van der Waals surface area contributed by atoms with Crippen molar-refractivity contribution in [3.05, 3.63) is 88.7 Å². The van der Waals surface area contributed by atoms with E-state index in [0.717, 1.165) is 31.4 Å². The van der Waals surface area contributed by atoms with E-state index < -0.39 is 46.6 Å². The molecule has 0 unspecified atom stereocenters. The van der Waals surface area contributed by atoms with Gasteiger partial charge < -0.3 is 15.0 Å². The first-order valence-corrected chi connectivity index (χ1v) is 11.8. The molecule has 8 nitrogen and oxygen atoms in total. The largest absolute Gasteiger partial charge is 0.465 e. The van der Waals surface area contributed by atoms with Crippen LogP contribution < -0.4 is 10.2 Å². The lowest BCUT2D eigenvalue weighted by atomic mass is 10.0. The molecule has 0 spiro atoms. The molecule has 40 heavy (non-hydrogen) atoms. The number of carbonyl (C=O) groups is 3. The lowest BCUT2D eigenvalue weighted by Crippen LogP contribution is -2.43. The number of rotatable bonds is 6. The average molecular weight is 555 g/mol. The van der Waals surface area contributed by atoms with Crippen LogP contribution in [-0.2, 0) is 22.3 Å². The van der Waals surface area contributed by atoms with Crippen LogP contribution in [0.3, 0.4) is 0 Å². The Bertz CT molecular complexity index is 1560. The fraction of sp³-hybridized carbons (Fsp3) is 0.214. The van der Waals surface area contributed by atoms with E-state index in [1.807, 2.05) is 0 Å². The van der Waals surface area contributed by atoms with Gasteiger partial charge in [0.1, 0.15) is 11.4 Å². The molecular formula is C28H22F4N4O4. The summed E-state index contributed by atoms with van der Waals surface area (Å²) in [6, 6.07) is 13.4. The Labute approximate surface area is 226 Å². The van der Waals surface area contributed by atoms with Crippen LogP contribution in [-0.4, -0.2) is 35.5 Å². The minimum absolute atomic E-state index is 0.0717. The summed E-state index contributed by atoms with van der Waals surface area (Å²) >= 11 is 0. The molecule has 3 aromatic carbocycles. The highest BCUT2D eigenvalue weighted by atomic mass is 19.4. The number of amides is 3. The predicted octanol–water partition coefficient (Wildman–Crippen LogP) is 5.99. The van der Waals surface area contributed by atoms with Crippen LogP contribution in [0.1, 0.15) is 40.9 Å². The minimum Gasteiger partial charge on any atom is -0.465 e. The van der Waals surface area contributed by atoms with Crippen LogP contribution in [0.25, 0.3) is 0 Å². The van der Waals surface area contributed by atoms with Crippen molar-refractivity contribution >= 4 is 35.0 Å². The Kier molecular flexibility index (Phi) is 7.26. The molecule has 1 N–H and O–H groups in total. The molecule has 0 atom stereocenters. The zero-order valence-electron chi connectivity index (χ0n) is 21.5. The van der Waals surface area contributed by atoms with Gasteiger partial charge in [0.05, 0.1) is 47.8 Å². The normalized spacial score (nSPS) is 14.8. The number of ether oxygens (including phenoxy) is 1. The Balaban J connectivity index is 1.69. The number of halogens is 4. The fourth-order valence-electron chi connectivity index (χ4n) is 4.33. The van der Waals surface area contributed by atoms with E-state index in [2.05, 4.69) is 5.32 Å². The number of nitrogens with one attached hydrogen (secondary N) is 1. The second-order valence-electron chi connectivity index (χ2n) is 9.37. The maximum atomic E-state index is 13.8. The van der Waals surface area contributed by atoms with E-state index in [4.69, 9.17) is 10.00 Å². The van der Waals surface area contributed by atoms with Crippen molar-refractivity contribution < 1.29 is 36.7 Å². The predicted molar refractivity (Wildman–Crippen MR) is 136 cm³/mol. The molecule has 1 aliphatic rings. The van der Waals surface area contributed by atoms with E-state index in [9.17, 15) is 31.9 Å². The van der Waals surface area contributed by atoms with Crippen LogP contribution in [0.2, 0.25) is 0 Å². The van der Waals surface area contributed by atoms with Crippen molar-refractivity contribution in [2.45, 2.75) is 32.1 Å². The first-order valence-electron chi connectivity index (χ1n) is 11.8. The Morgan fingerprint density at radius 1 is 1.05 bits per heavy atom. The van der Waals surface area contributed by atoms with Gasteiger partial charge in [-0.1, -0.05) is 18.2 Å². The smallest absolute Gasteiger partial charge is 0.417 e. The zero-order valence-corrected chi connectivity index (χ0v) is 21.5. The number of para-hydroxylation sites is 1. The molecule has 1 fully saturated rings. The lowest BCUT2D eigenvalue weighted by molar-refractivity contribution is -0.137. The maximum Gasteiger partial charge on any atom is 0.417 e. The molecule has 1 saturated heterocycles. The fourth-order valence-corrected chi connectivity index (χ4v) is 4.33. The van der Waals surface area contributed by atoms with Crippen LogP contribution >= 0.6 is 0 Å². The van der Waals surface area contributed by atoms with Gasteiger partial charge in [-0.25, -0.2) is 18.9 Å². The highest BCUT2D eigenvalue weighted by Crippen LogP contribution is 2.39. The molecular weight excluding hydrogens is 532 g/mol. The van der Waals surface area contributed by atoms with Gasteiger partial charge in [-0.2, -0.15) is 18.4 Å². The number of hydrogen-bond acceptors (Lipinski definition) is 6. The van der Waals surface area contributed by atoms with Crippen LogP contribution in [0, 0.1) is 17.1 Å². The molecule has 1 heterocycles. The number of urea groups is 1. The number of carbonyl (C=O) groups excluding carboxylic acids is 3. The standard InChI is InChI=1S/C28H22F4N4O4/c1-27(2)25(38)36(19-10-8-16(14-33)21(13-19)28(30,31)32)26(39)35(27)15-17-6-4-5-7-22(17)34-23-11-9-18(29)12-20(23)24(37)40-3/h4-13,34H,15H2,1-3H3. The molecule has 206 valence electrons. The van der Waals surface area contributed by atoms with E-state index >= 15 is 0 Å². The second kappa shape index (κ2) is 10.3. The number of alkyl halides is 3. The minimum atomic E-state index is -4.88. The maximum absolute atomic E-state index is 13.8. The van der Waals surface area contributed by atoms with Gasteiger partial charge in [0.2, 0.25) is 0 Å². The third-order valence-corrected chi connectivity index (χ3v) is 6.51. The van der Waals surface area contributed by atoms with Crippen molar-refractivity contribution in [2.75, 3.05) is 17.3 Å². The third kappa shape index (κ3) is 5.05. The van der Waals surface area contributed by atoms with E-state index in [0.29, 0.717) is 22.2 Å². The molecule has 0 radical (unpaired) electrons. The monoisotopic (exact) mass is 554 g/mol. The van der Waals surface area contributed by atoms with E-state index in [1.54, 1.807) is 24.3 Å². The number of esters is 1. The highest BCUT2D eigenvalue weighted by Gasteiger charge is 2.52. The number of nitriles is 1. The Morgan fingerprint density at radius 3 is 2.40 bits per heavy atom. The molecule has 0 bridgehead atoms. The summed E-state index contributed by atoms with van der Waals surface area (Å²) in [4.78, 5) is 40.9. The summed E-state index contributed by atoms with van der Waals surface area (Å²) in [5.74, 6) is -2.19. The molecule has 1 aliphatic heterocycles. The zero-order chi connectivity index (χ0) is 29.4. The van der Waals surface area contributed by atoms with E-state index in [1.165, 1.54) is 30.9 Å². The van der Waals surface area contributed by atoms with E-state index in [-0.39, 0.29) is 23.5 Å². The van der Waals surface area contributed by atoms with Gasteiger partial charge in [0, 0.05) is 5.69 Å². The molecule has 0 aromatic heterocycles. The Morgan fingerprint density at radius 2 is 1.75 bits per heavy atom. The van der Waals surface area contributed by atoms with Gasteiger partial charge >= 0.3 is 18.2 Å². The SMILES string of the molecule is COC(=O)c1cc(F)ccc1Nc1ccccc1CN1C(=O)N(c2ccc(C#N)c(C(F)(F)F)c2)C(=O)C1(C)C. The summed E-state index contributed by atoms with van der Waals surface area (Å²) in [7, 11) is 1.15. The number of hydrogen-bond donors (Lipinski definition) is 1. The summed E-state index contributed by atoms with van der Waals surface area (Å²) in [6.07, 6.45) is -4.88. The average Bonchev–Trinajstić information content (AvgIpc) is 3.08. The number of benzene rings is 3. The van der Waals surface area contributed by atoms with Crippen molar-refractivity contribution in [1.29, 1.82) is 5.26 Å². The number of anilines is 3. The van der Waals surface area contributed by atoms with Crippen molar-refractivity contribution in [2.24, 2.45) is 0 Å². The van der Waals surface area contributed by atoms with Crippen LogP contribution in [0.15, 0.2) is 60.7 Å². The van der Waals surface area contributed by atoms with Gasteiger partial charge in [0.25, 0.3) is 5.91 Å². The summed E-state index contributed by atoms with van der Waals surface area (Å²) in [5, 5.41) is 12.1. The third-order valence-electron chi connectivity index (χ3n) is 6.51. The molecule has 0 aliphatic carbocycles. The Hall–Kier alpha value is -4.92. The first-order chi connectivity index (χ1) is 18.8. The number of nitrogens with zero attached hydrogens (tertiary/aromatic N) is 3.